The fourth-order valence-electron chi connectivity index (χ4n) is 4.67. The Morgan fingerprint density at radius 2 is 1.59 bits per heavy atom. The van der Waals surface area contributed by atoms with E-state index < -0.39 is 40.2 Å². The van der Waals surface area contributed by atoms with Gasteiger partial charge in [0.05, 0.1) is 0 Å². The molecule has 27 heavy (non-hydrogen) atoms. The Balaban J connectivity index is 2.13. The molecule has 1 saturated carbocycles. The number of halogens is 1. The Bertz CT molecular complexity index is 1000. The maximum absolute atomic E-state index is 12.2. The van der Waals surface area contributed by atoms with E-state index in [0.717, 1.165) is 12.5 Å². The van der Waals surface area contributed by atoms with Crippen LogP contribution in [-0.4, -0.2) is 33.0 Å². The number of benzene rings is 2. The van der Waals surface area contributed by atoms with Gasteiger partial charge in [-0.15, -0.1) is 11.6 Å². The third kappa shape index (κ3) is 1.93. The number of alkyl halides is 1. The Hall–Kier alpha value is -2.86. The number of esters is 1. The molecule has 0 spiro atoms. The molecule has 2 aliphatic rings. The van der Waals surface area contributed by atoms with Crippen LogP contribution in [0.25, 0.3) is 11.1 Å². The monoisotopic (exact) mass is 386 g/mol. The van der Waals surface area contributed by atoms with Crippen molar-refractivity contribution < 1.29 is 29.3 Å². The minimum Gasteiger partial charge on any atom is -0.481 e. The topological polar surface area (TPSA) is 101 Å². The summed E-state index contributed by atoms with van der Waals surface area (Å²) in [5, 5.41) is 19.7. The highest BCUT2D eigenvalue weighted by Gasteiger charge is 2.82. The molecular weight excluding hydrogens is 372 g/mol. The molecule has 0 radical (unpaired) electrons. The number of rotatable bonds is 3. The zero-order valence-corrected chi connectivity index (χ0v) is 14.9. The number of fused-ring (bicyclic) bond motifs is 6. The van der Waals surface area contributed by atoms with Gasteiger partial charge in [0.15, 0.2) is 10.5 Å². The van der Waals surface area contributed by atoms with Gasteiger partial charge in [-0.05, 0) is 16.7 Å². The molecule has 0 bridgehead atoms. The van der Waals surface area contributed by atoms with Gasteiger partial charge in [-0.1, -0.05) is 48.5 Å². The van der Waals surface area contributed by atoms with Crippen LogP contribution < -0.4 is 0 Å². The molecule has 0 aliphatic heterocycles. The fourth-order valence-corrected chi connectivity index (χ4v) is 5.14. The van der Waals surface area contributed by atoms with E-state index in [1.54, 1.807) is 36.4 Å². The van der Waals surface area contributed by atoms with Gasteiger partial charge in [-0.25, -0.2) is 0 Å². The molecule has 0 heterocycles. The number of aliphatic carboxylic acids is 2. The summed E-state index contributed by atoms with van der Waals surface area (Å²) in [5.74, 6) is -6.01. The van der Waals surface area contributed by atoms with Crippen LogP contribution in [0.2, 0.25) is 0 Å². The second kappa shape index (κ2) is 5.57. The standard InChI is InChI=1S/C20H15ClO6/c1-10(22)27-20-14-9-5-4-7-12(14)11-6-2-3-8-13(11)15(20)16(17(23)24)19(20,21)18(25)26/h2-9,15-16H,1H3,(H,23,24)(H,25,26)/t15-,16+,19-,20+/m0/s1. The van der Waals surface area contributed by atoms with Crippen LogP contribution in [0.4, 0.5) is 0 Å². The number of ether oxygens (including phenoxy) is 1. The minimum absolute atomic E-state index is 0.402. The van der Waals surface area contributed by atoms with E-state index in [9.17, 15) is 24.6 Å². The fraction of sp³-hybridized carbons (Fsp3) is 0.250. The summed E-state index contributed by atoms with van der Waals surface area (Å²) < 4.78 is 5.60. The van der Waals surface area contributed by atoms with Crippen LogP contribution >= 0.6 is 11.6 Å². The molecule has 2 N–H and O–H groups in total. The van der Waals surface area contributed by atoms with Gasteiger partial charge >= 0.3 is 17.9 Å². The molecule has 1 fully saturated rings. The van der Waals surface area contributed by atoms with Crippen molar-refractivity contribution in [2.75, 3.05) is 0 Å². The Morgan fingerprint density at radius 1 is 1.00 bits per heavy atom. The van der Waals surface area contributed by atoms with Crippen molar-refractivity contribution in [2.45, 2.75) is 23.3 Å². The van der Waals surface area contributed by atoms with E-state index in [-0.39, 0.29) is 0 Å². The third-order valence-corrected chi connectivity index (χ3v) is 6.21. The number of carboxylic acids is 2. The van der Waals surface area contributed by atoms with Gasteiger partial charge in [0.25, 0.3) is 0 Å². The minimum atomic E-state index is -2.33. The lowest BCUT2D eigenvalue weighted by Crippen LogP contribution is -2.76. The molecule has 0 aromatic heterocycles. The van der Waals surface area contributed by atoms with Crippen LogP contribution in [-0.2, 0) is 24.7 Å². The summed E-state index contributed by atoms with van der Waals surface area (Å²) in [6, 6.07) is 14.0. The first-order chi connectivity index (χ1) is 12.8. The van der Waals surface area contributed by atoms with Gasteiger partial charge in [0, 0.05) is 18.4 Å². The Labute approximate surface area is 159 Å². The van der Waals surface area contributed by atoms with Crippen LogP contribution in [0, 0.1) is 5.92 Å². The zero-order valence-electron chi connectivity index (χ0n) is 14.2. The van der Waals surface area contributed by atoms with Crippen molar-refractivity contribution in [1.82, 2.24) is 0 Å². The summed E-state index contributed by atoms with van der Waals surface area (Å²) in [7, 11) is 0. The van der Waals surface area contributed by atoms with Gasteiger partial charge in [0.2, 0.25) is 0 Å². The first-order valence-corrected chi connectivity index (χ1v) is 8.68. The summed E-state index contributed by atoms with van der Waals surface area (Å²) in [5.41, 5.74) is 0.623. The van der Waals surface area contributed by atoms with E-state index in [1.807, 2.05) is 12.1 Å². The number of hydrogen-bond acceptors (Lipinski definition) is 4. The highest BCUT2D eigenvalue weighted by Crippen LogP contribution is 2.72. The summed E-state index contributed by atoms with van der Waals surface area (Å²) >= 11 is 6.51. The average molecular weight is 387 g/mol. The predicted octanol–water partition coefficient (Wildman–Crippen LogP) is 2.99. The molecule has 0 amide bonds. The number of carbonyl (C=O) groups excluding carboxylic acids is 1. The molecule has 7 heteroatoms. The lowest BCUT2D eigenvalue weighted by molar-refractivity contribution is -0.215. The molecule has 0 saturated heterocycles. The maximum atomic E-state index is 12.2. The molecule has 2 aromatic carbocycles. The van der Waals surface area contributed by atoms with Crippen molar-refractivity contribution in [1.29, 1.82) is 0 Å². The van der Waals surface area contributed by atoms with Crippen LogP contribution in [0.15, 0.2) is 48.5 Å². The van der Waals surface area contributed by atoms with Crippen molar-refractivity contribution in [3.8, 4) is 11.1 Å². The van der Waals surface area contributed by atoms with E-state index in [1.165, 1.54) is 0 Å². The second-order valence-electron chi connectivity index (χ2n) is 6.77. The van der Waals surface area contributed by atoms with Crippen molar-refractivity contribution in [3.05, 3.63) is 59.7 Å². The second-order valence-corrected chi connectivity index (χ2v) is 7.37. The first-order valence-electron chi connectivity index (χ1n) is 8.30. The molecule has 6 nitrogen and oxygen atoms in total. The van der Waals surface area contributed by atoms with E-state index in [4.69, 9.17) is 16.3 Å². The van der Waals surface area contributed by atoms with E-state index in [2.05, 4.69) is 0 Å². The molecule has 4 rings (SSSR count). The third-order valence-electron chi connectivity index (χ3n) is 5.54. The molecule has 2 aliphatic carbocycles. The van der Waals surface area contributed by atoms with E-state index >= 15 is 0 Å². The van der Waals surface area contributed by atoms with Crippen molar-refractivity contribution >= 4 is 29.5 Å². The molecule has 2 aromatic rings. The smallest absolute Gasteiger partial charge is 0.330 e. The van der Waals surface area contributed by atoms with Crippen molar-refractivity contribution in [2.24, 2.45) is 5.92 Å². The summed E-state index contributed by atoms with van der Waals surface area (Å²) in [6.45, 7) is 1.15. The van der Waals surface area contributed by atoms with Crippen molar-refractivity contribution in [3.63, 3.8) is 0 Å². The summed E-state index contributed by atoms with van der Waals surface area (Å²) in [4.78, 5) is 33.9. The lowest BCUT2D eigenvalue weighted by atomic mass is 9.45. The number of carbonyl (C=O) groups is 3. The van der Waals surface area contributed by atoms with E-state index in [0.29, 0.717) is 16.7 Å². The SMILES string of the molecule is CC(=O)O[C@]12c3ccccc3-c3ccccc3[C@H]1[C@H](C(=O)O)[C@]2(Cl)C(=O)O. The average Bonchev–Trinajstić information content (AvgIpc) is 2.62. The quantitative estimate of drug-likeness (QED) is 0.621. The molecule has 4 atom stereocenters. The number of hydrogen-bond donors (Lipinski definition) is 2. The van der Waals surface area contributed by atoms with Gasteiger partial charge in [0.1, 0.15) is 5.92 Å². The van der Waals surface area contributed by atoms with Crippen LogP contribution in [0.5, 0.6) is 0 Å². The summed E-state index contributed by atoms with van der Waals surface area (Å²) in [6.07, 6.45) is 0. The normalized spacial score (nSPS) is 30.1. The first kappa shape index (κ1) is 17.5. The molecule has 138 valence electrons. The molecule has 0 unspecified atom stereocenters. The number of carboxylic acid groups (broad SMARTS) is 2. The van der Waals surface area contributed by atoms with Gasteiger partial charge in [-0.3, -0.25) is 14.4 Å². The Kier molecular flexibility index (Phi) is 3.62. The predicted molar refractivity (Wildman–Crippen MR) is 95.4 cm³/mol. The Morgan fingerprint density at radius 3 is 2.19 bits per heavy atom. The lowest BCUT2D eigenvalue weighted by Gasteiger charge is -2.63. The van der Waals surface area contributed by atoms with Gasteiger partial charge in [-0.2, -0.15) is 0 Å². The zero-order chi connectivity index (χ0) is 19.6. The maximum Gasteiger partial charge on any atom is 0.330 e. The highest BCUT2D eigenvalue weighted by atomic mass is 35.5. The molecular formula is C20H15ClO6. The van der Waals surface area contributed by atoms with Gasteiger partial charge < -0.3 is 14.9 Å². The largest absolute Gasteiger partial charge is 0.481 e. The van der Waals surface area contributed by atoms with Crippen LogP contribution in [0.1, 0.15) is 24.0 Å². The van der Waals surface area contributed by atoms with Crippen LogP contribution in [0.3, 0.4) is 0 Å². The highest BCUT2D eigenvalue weighted by molar-refractivity contribution is 6.38.